The van der Waals surface area contributed by atoms with Gasteiger partial charge in [-0.25, -0.2) is 4.39 Å². The third kappa shape index (κ3) is 2.00. The average molecular weight is 182 g/mol. The molecule has 0 fully saturated rings. The van der Waals surface area contributed by atoms with Crippen LogP contribution in [0.15, 0.2) is 24.3 Å². The highest BCUT2D eigenvalue weighted by Crippen LogP contribution is 2.33. The molecular formula is C11H15FO. The van der Waals surface area contributed by atoms with Crippen molar-refractivity contribution < 1.29 is 9.50 Å². The van der Waals surface area contributed by atoms with Crippen molar-refractivity contribution in [2.24, 2.45) is 5.92 Å². The standard InChI is InChI=1S/C11H15FO/c1-8(2)11(3,12)9-4-6-10(13)7-5-9/h4-8,13H,1-3H3. The van der Waals surface area contributed by atoms with Crippen molar-refractivity contribution >= 4 is 0 Å². The van der Waals surface area contributed by atoms with Gasteiger partial charge in [-0.2, -0.15) is 0 Å². The van der Waals surface area contributed by atoms with E-state index in [0.717, 1.165) is 0 Å². The molecule has 0 spiro atoms. The van der Waals surface area contributed by atoms with Crippen LogP contribution in [0.4, 0.5) is 4.39 Å². The highest BCUT2D eigenvalue weighted by molar-refractivity contribution is 5.29. The van der Waals surface area contributed by atoms with E-state index in [0.29, 0.717) is 5.56 Å². The fourth-order valence-corrected chi connectivity index (χ4v) is 1.12. The second kappa shape index (κ2) is 3.36. The summed E-state index contributed by atoms with van der Waals surface area (Å²) in [6, 6.07) is 6.26. The fourth-order valence-electron chi connectivity index (χ4n) is 1.12. The summed E-state index contributed by atoms with van der Waals surface area (Å²) in [6.45, 7) is 5.24. The molecule has 1 rings (SSSR count). The molecule has 1 unspecified atom stereocenters. The summed E-state index contributed by atoms with van der Waals surface area (Å²) in [5.41, 5.74) is -0.714. The van der Waals surface area contributed by atoms with Crippen LogP contribution in [0.1, 0.15) is 26.3 Å². The Kier molecular flexibility index (Phi) is 2.60. The lowest BCUT2D eigenvalue weighted by atomic mass is 9.87. The topological polar surface area (TPSA) is 20.2 Å². The number of hydrogen-bond donors (Lipinski definition) is 1. The maximum atomic E-state index is 14.0. The van der Waals surface area contributed by atoms with E-state index in [2.05, 4.69) is 0 Å². The molecule has 0 bridgehead atoms. The Bertz CT molecular complexity index is 275. The van der Waals surface area contributed by atoms with Gasteiger partial charge in [-0.15, -0.1) is 0 Å². The monoisotopic (exact) mass is 182 g/mol. The van der Waals surface area contributed by atoms with Crippen LogP contribution in [-0.2, 0) is 5.67 Å². The van der Waals surface area contributed by atoms with Crippen LogP contribution in [0.3, 0.4) is 0 Å². The van der Waals surface area contributed by atoms with E-state index >= 15 is 0 Å². The molecule has 72 valence electrons. The molecule has 2 heteroatoms. The van der Waals surface area contributed by atoms with Crippen LogP contribution in [0.25, 0.3) is 0 Å². The van der Waals surface area contributed by atoms with Gasteiger partial charge < -0.3 is 5.11 Å². The molecule has 0 aliphatic heterocycles. The van der Waals surface area contributed by atoms with Crippen molar-refractivity contribution in [2.45, 2.75) is 26.4 Å². The number of aromatic hydroxyl groups is 1. The minimum atomic E-state index is -1.33. The Balaban J connectivity index is 3.01. The third-order valence-corrected chi connectivity index (χ3v) is 2.52. The van der Waals surface area contributed by atoms with Gasteiger partial charge in [-0.1, -0.05) is 26.0 Å². The Labute approximate surface area is 78.2 Å². The Morgan fingerprint density at radius 3 is 2.08 bits per heavy atom. The normalized spacial score (nSPS) is 15.8. The lowest BCUT2D eigenvalue weighted by Crippen LogP contribution is -2.22. The molecule has 1 nitrogen and oxygen atoms in total. The van der Waals surface area contributed by atoms with Crippen molar-refractivity contribution in [3.63, 3.8) is 0 Å². The Morgan fingerprint density at radius 1 is 1.23 bits per heavy atom. The number of alkyl halides is 1. The van der Waals surface area contributed by atoms with Crippen molar-refractivity contribution in [2.75, 3.05) is 0 Å². The molecule has 1 N–H and O–H groups in total. The van der Waals surface area contributed by atoms with Crippen molar-refractivity contribution in [1.82, 2.24) is 0 Å². The molecule has 0 aliphatic carbocycles. The largest absolute Gasteiger partial charge is 0.508 e. The van der Waals surface area contributed by atoms with Crippen molar-refractivity contribution in [3.8, 4) is 5.75 Å². The number of benzene rings is 1. The van der Waals surface area contributed by atoms with Crippen molar-refractivity contribution in [3.05, 3.63) is 29.8 Å². The molecule has 1 aromatic carbocycles. The van der Waals surface area contributed by atoms with Crippen molar-refractivity contribution in [1.29, 1.82) is 0 Å². The molecule has 0 heterocycles. The number of hydrogen-bond acceptors (Lipinski definition) is 1. The minimum Gasteiger partial charge on any atom is -0.508 e. The lowest BCUT2D eigenvalue weighted by Gasteiger charge is -2.25. The summed E-state index contributed by atoms with van der Waals surface area (Å²) in [5.74, 6) is 0.0975. The van der Waals surface area contributed by atoms with Gasteiger partial charge in [-0.05, 0) is 30.5 Å². The van der Waals surface area contributed by atoms with Crippen LogP contribution in [-0.4, -0.2) is 5.11 Å². The number of rotatable bonds is 2. The maximum Gasteiger partial charge on any atom is 0.135 e. The van der Waals surface area contributed by atoms with E-state index in [1.54, 1.807) is 19.1 Å². The van der Waals surface area contributed by atoms with Gasteiger partial charge in [0.2, 0.25) is 0 Å². The molecule has 0 saturated carbocycles. The number of phenolic OH excluding ortho intramolecular Hbond substituents is 1. The Hall–Kier alpha value is -1.05. The first-order chi connectivity index (χ1) is 5.94. The molecule has 0 amide bonds. The zero-order valence-electron chi connectivity index (χ0n) is 8.21. The molecular weight excluding hydrogens is 167 g/mol. The Morgan fingerprint density at radius 2 is 1.69 bits per heavy atom. The predicted octanol–water partition coefficient (Wildman–Crippen LogP) is 3.23. The second-order valence-electron chi connectivity index (χ2n) is 3.78. The lowest BCUT2D eigenvalue weighted by molar-refractivity contribution is 0.123. The highest BCUT2D eigenvalue weighted by atomic mass is 19.1. The number of phenols is 1. The van der Waals surface area contributed by atoms with Gasteiger partial charge in [0.1, 0.15) is 11.4 Å². The SMILES string of the molecule is CC(C)C(C)(F)c1ccc(O)cc1. The summed E-state index contributed by atoms with van der Waals surface area (Å²) < 4.78 is 14.0. The molecule has 0 aromatic heterocycles. The van der Waals surface area contributed by atoms with Crippen LogP contribution in [0.5, 0.6) is 5.75 Å². The van der Waals surface area contributed by atoms with Crippen LogP contribution in [0, 0.1) is 5.92 Å². The van der Waals surface area contributed by atoms with E-state index in [1.165, 1.54) is 12.1 Å². The summed E-state index contributed by atoms with van der Waals surface area (Å²) in [5, 5.41) is 9.04. The first-order valence-corrected chi connectivity index (χ1v) is 4.43. The molecule has 1 aromatic rings. The van der Waals surface area contributed by atoms with E-state index in [9.17, 15) is 4.39 Å². The van der Waals surface area contributed by atoms with Crippen LogP contribution < -0.4 is 0 Å². The van der Waals surface area contributed by atoms with E-state index in [-0.39, 0.29) is 11.7 Å². The second-order valence-corrected chi connectivity index (χ2v) is 3.78. The summed E-state index contributed by atoms with van der Waals surface area (Å²) in [7, 11) is 0. The average Bonchev–Trinajstić information content (AvgIpc) is 2.04. The first-order valence-electron chi connectivity index (χ1n) is 4.43. The van der Waals surface area contributed by atoms with Gasteiger partial charge in [0, 0.05) is 0 Å². The third-order valence-electron chi connectivity index (χ3n) is 2.52. The minimum absolute atomic E-state index is 0.0722. The smallest absolute Gasteiger partial charge is 0.135 e. The quantitative estimate of drug-likeness (QED) is 0.744. The molecule has 0 saturated heterocycles. The number of halogens is 1. The first kappa shape index (κ1) is 10.0. The zero-order valence-corrected chi connectivity index (χ0v) is 8.21. The predicted molar refractivity (Wildman–Crippen MR) is 51.4 cm³/mol. The zero-order chi connectivity index (χ0) is 10.1. The summed E-state index contributed by atoms with van der Waals surface area (Å²) in [4.78, 5) is 0. The van der Waals surface area contributed by atoms with E-state index in [4.69, 9.17) is 5.11 Å². The van der Waals surface area contributed by atoms with Gasteiger partial charge in [0.15, 0.2) is 0 Å². The molecule has 0 aliphatic rings. The van der Waals surface area contributed by atoms with E-state index < -0.39 is 5.67 Å². The van der Waals surface area contributed by atoms with E-state index in [1.807, 2.05) is 13.8 Å². The maximum absolute atomic E-state index is 14.0. The van der Waals surface area contributed by atoms with Gasteiger partial charge in [-0.3, -0.25) is 0 Å². The molecule has 13 heavy (non-hydrogen) atoms. The summed E-state index contributed by atoms with van der Waals surface area (Å²) in [6.07, 6.45) is 0. The van der Waals surface area contributed by atoms with Gasteiger partial charge >= 0.3 is 0 Å². The highest BCUT2D eigenvalue weighted by Gasteiger charge is 2.29. The van der Waals surface area contributed by atoms with Crippen LogP contribution >= 0.6 is 0 Å². The fraction of sp³-hybridized carbons (Fsp3) is 0.455. The van der Waals surface area contributed by atoms with Crippen LogP contribution in [0.2, 0.25) is 0 Å². The molecule has 0 radical (unpaired) electrons. The summed E-state index contributed by atoms with van der Waals surface area (Å²) >= 11 is 0. The van der Waals surface area contributed by atoms with Gasteiger partial charge in [0.25, 0.3) is 0 Å². The van der Waals surface area contributed by atoms with Gasteiger partial charge in [0.05, 0.1) is 0 Å². The molecule has 1 atom stereocenters.